The van der Waals surface area contributed by atoms with E-state index in [2.05, 4.69) is 18.7 Å². The smallest absolute Gasteiger partial charge is 0.114 e. The summed E-state index contributed by atoms with van der Waals surface area (Å²) in [7, 11) is 2.00. The number of nitrogens with zero attached hydrogens (tertiary/aromatic N) is 1. The van der Waals surface area contributed by atoms with Crippen LogP contribution in [0, 0.1) is 5.92 Å². The van der Waals surface area contributed by atoms with Gasteiger partial charge in [0, 0.05) is 12.6 Å². The Morgan fingerprint density at radius 1 is 1.33 bits per heavy atom. The third-order valence-corrected chi connectivity index (χ3v) is 2.32. The molecule has 0 aliphatic carbocycles. The van der Waals surface area contributed by atoms with Crippen LogP contribution in [0.3, 0.4) is 0 Å². The van der Waals surface area contributed by atoms with Crippen LogP contribution in [0.2, 0.25) is 0 Å². The van der Waals surface area contributed by atoms with Gasteiger partial charge in [0.2, 0.25) is 0 Å². The summed E-state index contributed by atoms with van der Waals surface area (Å²) in [5.41, 5.74) is 0. The van der Waals surface area contributed by atoms with Crippen LogP contribution in [0.15, 0.2) is 0 Å². The van der Waals surface area contributed by atoms with Gasteiger partial charge in [-0.25, -0.2) is 4.39 Å². The lowest BCUT2D eigenvalue weighted by atomic mass is 10.0. The van der Waals surface area contributed by atoms with Gasteiger partial charge in [0.1, 0.15) is 6.17 Å². The molecule has 1 unspecified atom stereocenters. The number of likely N-dealkylation sites (tertiary alicyclic amines) is 1. The highest BCUT2D eigenvalue weighted by atomic mass is 19.1. The Morgan fingerprint density at radius 3 is 2.00 bits per heavy atom. The molecule has 0 aromatic rings. The SMILES string of the molecule is CC.CC(C)C1C[C@@H](F)CN1C. The van der Waals surface area contributed by atoms with Crippen molar-refractivity contribution in [1.29, 1.82) is 0 Å². The minimum Gasteiger partial charge on any atom is -0.300 e. The molecule has 0 spiro atoms. The Hall–Kier alpha value is -0.110. The summed E-state index contributed by atoms with van der Waals surface area (Å²) in [4.78, 5) is 2.12. The van der Waals surface area contributed by atoms with E-state index in [0.717, 1.165) is 6.42 Å². The van der Waals surface area contributed by atoms with E-state index < -0.39 is 6.17 Å². The molecule has 2 heteroatoms. The van der Waals surface area contributed by atoms with E-state index in [-0.39, 0.29) is 0 Å². The van der Waals surface area contributed by atoms with E-state index in [1.807, 2.05) is 20.9 Å². The Labute approximate surface area is 75.9 Å². The highest BCUT2D eigenvalue weighted by Crippen LogP contribution is 2.23. The fraction of sp³-hybridized carbons (Fsp3) is 1.00. The van der Waals surface area contributed by atoms with Crippen molar-refractivity contribution in [2.75, 3.05) is 13.6 Å². The lowest BCUT2D eigenvalue weighted by molar-refractivity contribution is 0.248. The van der Waals surface area contributed by atoms with E-state index >= 15 is 0 Å². The highest BCUT2D eigenvalue weighted by Gasteiger charge is 2.30. The molecule has 12 heavy (non-hydrogen) atoms. The summed E-state index contributed by atoms with van der Waals surface area (Å²) in [6.07, 6.45) is 0.145. The standard InChI is InChI=1S/C8H16FN.C2H6/c1-6(2)8-4-7(9)5-10(8)3;1-2/h6-8H,4-5H2,1-3H3;1-2H3/t7-,8?;/m1./s1. The third-order valence-electron chi connectivity index (χ3n) is 2.32. The molecule has 1 fully saturated rings. The van der Waals surface area contributed by atoms with E-state index in [4.69, 9.17) is 0 Å². The molecular formula is C10H22FN. The van der Waals surface area contributed by atoms with Crippen LogP contribution < -0.4 is 0 Å². The maximum atomic E-state index is 12.7. The summed E-state index contributed by atoms with van der Waals surface area (Å²) >= 11 is 0. The largest absolute Gasteiger partial charge is 0.300 e. The molecule has 1 nitrogen and oxygen atoms in total. The average Bonchev–Trinajstić information content (AvgIpc) is 2.34. The van der Waals surface area contributed by atoms with Gasteiger partial charge in [-0.2, -0.15) is 0 Å². The molecule has 0 aromatic heterocycles. The lowest BCUT2D eigenvalue weighted by Crippen LogP contribution is -2.29. The molecular weight excluding hydrogens is 153 g/mol. The lowest BCUT2D eigenvalue weighted by Gasteiger charge is -2.22. The summed E-state index contributed by atoms with van der Waals surface area (Å²) in [6.45, 7) is 8.93. The molecule has 0 bridgehead atoms. The zero-order chi connectivity index (χ0) is 9.72. The number of hydrogen-bond acceptors (Lipinski definition) is 1. The zero-order valence-electron chi connectivity index (χ0n) is 8.97. The third kappa shape index (κ3) is 3.10. The molecule has 1 aliphatic rings. The Balaban J connectivity index is 0.000000561. The molecule has 2 atom stereocenters. The predicted octanol–water partition coefficient (Wildman–Crippen LogP) is 2.71. The van der Waals surface area contributed by atoms with Crippen molar-refractivity contribution < 1.29 is 4.39 Å². The normalized spacial score (nSPS) is 30.2. The number of rotatable bonds is 1. The van der Waals surface area contributed by atoms with Crippen LogP contribution in [0.5, 0.6) is 0 Å². The van der Waals surface area contributed by atoms with Crippen LogP contribution in [0.25, 0.3) is 0 Å². The van der Waals surface area contributed by atoms with Gasteiger partial charge in [0.05, 0.1) is 0 Å². The van der Waals surface area contributed by atoms with Crippen molar-refractivity contribution in [2.24, 2.45) is 5.92 Å². The molecule has 0 saturated carbocycles. The number of halogens is 1. The monoisotopic (exact) mass is 175 g/mol. The quantitative estimate of drug-likeness (QED) is 0.592. The summed E-state index contributed by atoms with van der Waals surface area (Å²) in [5, 5.41) is 0. The van der Waals surface area contributed by atoms with Crippen LogP contribution in [0.1, 0.15) is 34.1 Å². The topological polar surface area (TPSA) is 3.24 Å². The first kappa shape index (κ1) is 11.9. The Bertz CT molecular complexity index is 114. The molecule has 74 valence electrons. The molecule has 1 saturated heterocycles. The fourth-order valence-corrected chi connectivity index (χ4v) is 1.75. The van der Waals surface area contributed by atoms with Gasteiger partial charge in [-0.1, -0.05) is 27.7 Å². The summed E-state index contributed by atoms with van der Waals surface area (Å²) in [5.74, 6) is 0.589. The Morgan fingerprint density at radius 2 is 1.83 bits per heavy atom. The van der Waals surface area contributed by atoms with Gasteiger partial charge >= 0.3 is 0 Å². The number of alkyl halides is 1. The molecule has 1 aliphatic heterocycles. The van der Waals surface area contributed by atoms with Gasteiger partial charge in [-0.3, -0.25) is 0 Å². The van der Waals surface area contributed by atoms with Crippen molar-refractivity contribution in [1.82, 2.24) is 4.90 Å². The van der Waals surface area contributed by atoms with Gasteiger partial charge in [-0.05, 0) is 19.4 Å². The first-order chi connectivity index (χ1) is 5.61. The first-order valence-corrected chi connectivity index (χ1v) is 4.95. The molecule has 0 aromatic carbocycles. The van der Waals surface area contributed by atoms with E-state index in [1.54, 1.807) is 0 Å². The Kier molecular flexibility index (Phi) is 5.47. The molecule has 1 heterocycles. The van der Waals surface area contributed by atoms with Crippen LogP contribution in [-0.4, -0.2) is 30.7 Å². The highest BCUT2D eigenvalue weighted by molar-refractivity contribution is 4.84. The summed E-state index contributed by atoms with van der Waals surface area (Å²) in [6, 6.07) is 0.468. The van der Waals surface area contributed by atoms with Crippen molar-refractivity contribution in [3.63, 3.8) is 0 Å². The van der Waals surface area contributed by atoms with Crippen molar-refractivity contribution >= 4 is 0 Å². The first-order valence-electron chi connectivity index (χ1n) is 4.95. The van der Waals surface area contributed by atoms with Crippen LogP contribution in [-0.2, 0) is 0 Å². The summed E-state index contributed by atoms with van der Waals surface area (Å²) < 4.78 is 12.7. The van der Waals surface area contributed by atoms with Gasteiger partial charge in [-0.15, -0.1) is 0 Å². The second-order valence-electron chi connectivity index (χ2n) is 3.58. The molecule has 0 amide bonds. The molecule has 0 radical (unpaired) electrons. The zero-order valence-corrected chi connectivity index (χ0v) is 8.97. The van der Waals surface area contributed by atoms with E-state index in [1.165, 1.54) is 0 Å². The van der Waals surface area contributed by atoms with Crippen molar-refractivity contribution in [2.45, 2.75) is 46.3 Å². The molecule has 0 N–H and O–H groups in total. The maximum Gasteiger partial charge on any atom is 0.114 e. The number of hydrogen-bond donors (Lipinski definition) is 0. The van der Waals surface area contributed by atoms with Gasteiger partial charge < -0.3 is 4.90 Å². The second kappa shape index (κ2) is 5.52. The minimum atomic E-state index is -0.586. The van der Waals surface area contributed by atoms with Gasteiger partial charge in [0.15, 0.2) is 0 Å². The van der Waals surface area contributed by atoms with Crippen LogP contribution >= 0.6 is 0 Å². The van der Waals surface area contributed by atoms with Crippen LogP contribution in [0.4, 0.5) is 4.39 Å². The second-order valence-corrected chi connectivity index (χ2v) is 3.58. The maximum absolute atomic E-state index is 12.7. The van der Waals surface area contributed by atoms with E-state index in [0.29, 0.717) is 18.5 Å². The molecule has 1 rings (SSSR count). The average molecular weight is 175 g/mol. The van der Waals surface area contributed by atoms with Crippen molar-refractivity contribution in [3.05, 3.63) is 0 Å². The predicted molar refractivity (Wildman–Crippen MR) is 52.1 cm³/mol. The fourth-order valence-electron chi connectivity index (χ4n) is 1.75. The van der Waals surface area contributed by atoms with Crippen molar-refractivity contribution in [3.8, 4) is 0 Å². The van der Waals surface area contributed by atoms with Gasteiger partial charge in [0.25, 0.3) is 0 Å². The van der Waals surface area contributed by atoms with E-state index in [9.17, 15) is 4.39 Å². The minimum absolute atomic E-state index is 0.468.